The molecule has 0 saturated carbocycles. The molecular weight excluding hydrogens is 292 g/mol. The molecule has 0 fully saturated rings. The Bertz CT molecular complexity index is 510. The minimum Gasteiger partial charge on any atom is -0.444 e. The lowest BCUT2D eigenvalue weighted by Crippen LogP contribution is -2.28. The summed E-state index contributed by atoms with van der Waals surface area (Å²) in [6, 6.07) is 5.40. The summed E-state index contributed by atoms with van der Waals surface area (Å²) in [6.45, 7) is 9.71. The van der Waals surface area contributed by atoms with Crippen LogP contribution >= 0.6 is 11.6 Å². The van der Waals surface area contributed by atoms with E-state index in [1.54, 1.807) is 32.9 Å². The van der Waals surface area contributed by atoms with Gasteiger partial charge in [0.15, 0.2) is 0 Å². The zero-order chi connectivity index (χ0) is 16.3. The van der Waals surface area contributed by atoms with Gasteiger partial charge in [-0.25, -0.2) is 10.7 Å². The lowest BCUT2D eigenvalue weighted by Gasteiger charge is -2.25. The molecule has 0 heterocycles. The van der Waals surface area contributed by atoms with E-state index in [0.29, 0.717) is 17.3 Å². The average molecular weight is 315 g/mol. The van der Waals surface area contributed by atoms with Gasteiger partial charge in [-0.1, -0.05) is 31.5 Å². The quantitative estimate of drug-likeness (QED) is 0.828. The van der Waals surface area contributed by atoms with Gasteiger partial charge < -0.3 is 9.57 Å². The van der Waals surface area contributed by atoms with Crippen molar-refractivity contribution in [1.29, 1.82) is 0 Å². The minimum absolute atomic E-state index is 0.302. The molecule has 5 nitrogen and oxygen atoms in total. The van der Waals surface area contributed by atoms with Crippen LogP contribution in [0.3, 0.4) is 0 Å². The summed E-state index contributed by atoms with van der Waals surface area (Å²) in [5, 5.41) is 3.10. The summed E-state index contributed by atoms with van der Waals surface area (Å²) in [5.41, 5.74) is 0.571. The Labute approximate surface area is 130 Å². The normalized spacial score (nSPS) is 12.1. The molecule has 1 amide bonds. The number of amides is 1. The molecule has 0 aliphatic rings. The first-order valence-electron chi connectivity index (χ1n) is 6.67. The monoisotopic (exact) mass is 314 g/mol. The largest absolute Gasteiger partial charge is 0.444 e. The molecule has 1 aromatic rings. The van der Waals surface area contributed by atoms with Gasteiger partial charge in [0.2, 0.25) is 0 Å². The zero-order valence-corrected chi connectivity index (χ0v) is 13.9. The van der Waals surface area contributed by atoms with Crippen LogP contribution in [0.2, 0.25) is 5.02 Å². The van der Waals surface area contributed by atoms with Gasteiger partial charge in [-0.15, -0.1) is 0 Å². The Hall–Kier alpha value is -1.30. The smallest absolute Gasteiger partial charge is 0.412 e. The number of carbonyl (C=O) groups excluding carboxylic acids is 1. The molecule has 1 aromatic carbocycles. The maximum Gasteiger partial charge on any atom is 0.412 e. The van der Waals surface area contributed by atoms with Gasteiger partial charge in [-0.3, -0.25) is 5.32 Å². The van der Waals surface area contributed by atoms with E-state index < -0.39 is 11.7 Å². The lowest BCUT2D eigenvalue weighted by atomic mass is 9.85. The number of halogens is 1. The van der Waals surface area contributed by atoms with E-state index >= 15 is 0 Å². The van der Waals surface area contributed by atoms with E-state index in [1.165, 1.54) is 0 Å². The van der Waals surface area contributed by atoms with Crippen molar-refractivity contribution in [1.82, 2.24) is 0 Å². The third kappa shape index (κ3) is 5.53. The second kappa shape index (κ2) is 6.64. The second-order valence-electron chi connectivity index (χ2n) is 6.52. The van der Waals surface area contributed by atoms with Crippen molar-refractivity contribution in [2.24, 2.45) is 5.90 Å². The number of hydrogen-bond acceptors (Lipinski definition) is 4. The van der Waals surface area contributed by atoms with Crippen molar-refractivity contribution in [3.63, 3.8) is 0 Å². The highest BCUT2D eigenvalue weighted by molar-refractivity contribution is 6.33. The van der Waals surface area contributed by atoms with Crippen LogP contribution < -0.4 is 11.2 Å². The second-order valence-corrected chi connectivity index (χ2v) is 6.92. The van der Waals surface area contributed by atoms with E-state index in [-0.39, 0.29) is 5.41 Å². The fourth-order valence-corrected chi connectivity index (χ4v) is 1.91. The molecule has 1 rings (SSSR count). The van der Waals surface area contributed by atoms with Crippen molar-refractivity contribution < 1.29 is 14.4 Å². The summed E-state index contributed by atoms with van der Waals surface area (Å²) < 4.78 is 5.22. The van der Waals surface area contributed by atoms with Gasteiger partial charge >= 0.3 is 6.09 Å². The fraction of sp³-hybridized carbons (Fsp3) is 0.533. The Morgan fingerprint density at radius 3 is 2.43 bits per heavy atom. The summed E-state index contributed by atoms with van der Waals surface area (Å²) in [7, 11) is 0. The molecule has 0 aromatic heterocycles. The molecule has 3 N–H and O–H groups in total. The van der Waals surface area contributed by atoms with Crippen molar-refractivity contribution in [2.45, 2.75) is 45.6 Å². The van der Waals surface area contributed by atoms with Crippen LogP contribution in [0.15, 0.2) is 18.2 Å². The van der Waals surface area contributed by atoms with Crippen LogP contribution in [-0.4, -0.2) is 18.3 Å². The Morgan fingerprint density at radius 1 is 1.29 bits per heavy atom. The number of carbonyl (C=O) groups is 1. The van der Waals surface area contributed by atoms with Gasteiger partial charge in [0.1, 0.15) is 5.60 Å². The standard InChI is InChI=1S/C15H23ClN2O3/c1-14(2,3)21-13(19)18-12-8-10(6-7-11(12)16)15(4,5)9-20-17/h6-8H,9,17H2,1-5H3,(H,18,19). The number of hydrogen-bond donors (Lipinski definition) is 2. The lowest BCUT2D eigenvalue weighted by molar-refractivity contribution is 0.0636. The molecule has 0 bridgehead atoms. The molecular formula is C15H23ClN2O3. The van der Waals surface area contributed by atoms with Crippen LogP contribution in [0, 0.1) is 0 Å². The first-order valence-corrected chi connectivity index (χ1v) is 7.05. The summed E-state index contributed by atoms with van der Waals surface area (Å²) in [4.78, 5) is 16.6. The molecule has 0 unspecified atom stereocenters. The first kappa shape index (κ1) is 17.8. The number of benzene rings is 1. The Morgan fingerprint density at radius 2 is 1.90 bits per heavy atom. The van der Waals surface area contributed by atoms with E-state index in [0.717, 1.165) is 5.56 Å². The van der Waals surface area contributed by atoms with Crippen LogP contribution in [0.1, 0.15) is 40.2 Å². The van der Waals surface area contributed by atoms with E-state index in [4.69, 9.17) is 27.1 Å². The maximum absolute atomic E-state index is 11.8. The topological polar surface area (TPSA) is 73.6 Å². The summed E-state index contributed by atoms with van der Waals surface area (Å²) in [5.74, 6) is 5.15. The third-order valence-electron chi connectivity index (χ3n) is 2.83. The number of ether oxygens (including phenoxy) is 1. The minimum atomic E-state index is -0.569. The molecule has 0 aliphatic carbocycles. The molecule has 0 spiro atoms. The molecule has 118 valence electrons. The molecule has 6 heteroatoms. The molecule has 0 atom stereocenters. The Balaban J connectivity index is 2.95. The number of nitrogens with one attached hydrogen (secondary N) is 1. The predicted molar refractivity (Wildman–Crippen MR) is 84.5 cm³/mol. The Kier molecular flexibility index (Phi) is 5.61. The van der Waals surface area contributed by atoms with Gasteiger partial charge in [0, 0.05) is 5.41 Å². The average Bonchev–Trinajstić information content (AvgIpc) is 2.29. The number of rotatable bonds is 4. The zero-order valence-electron chi connectivity index (χ0n) is 13.1. The van der Waals surface area contributed by atoms with E-state index in [1.807, 2.05) is 19.9 Å². The highest BCUT2D eigenvalue weighted by Gasteiger charge is 2.23. The van der Waals surface area contributed by atoms with Gasteiger partial charge in [-0.2, -0.15) is 0 Å². The maximum atomic E-state index is 11.8. The number of nitrogens with two attached hydrogens (primary N) is 1. The molecule has 0 saturated heterocycles. The van der Waals surface area contributed by atoms with Gasteiger partial charge in [0.05, 0.1) is 17.3 Å². The van der Waals surface area contributed by atoms with Crippen molar-refractivity contribution in [3.05, 3.63) is 28.8 Å². The summed E-state index contributed by atoms with van der Waals surface area (Å²) >= 11 is 6.11. The summed E-state index contributed by atoms with van der Waals surface area (Å²) in [6.07, 6.45) is -0.547. The molecule has 21 heavy (non-hydrogen) atoms. The third-order valence-corrected chi connectivity index (χ3v) is 3.16. The van der Waals surface area contributed by atoms with Crippen LogP contribution in [0.4, 0.5) is 10.5 Å². The first-order chi connectivity index (χ1) is 9.55. The van der Waals surface area contributed by atoms with Gasteiger partial charge in [-0.05, 0) is 38.5 Å². The van der Waals surface area contributed by atoms with Crippen molar-refractivity contribution in [2.75, 3.05) is 11.9 Å². The van der Waals surface area contributed by atoms with E-state index in [9.17, 15) is 4.79 Å². The highest BCUT2D eigenvalue weighted by Crippen LogP contribution is 2.30. The van der Waals surface area contributed by atoms with Crippen LogP contribution in [-0.2, 0) is 15.0 Å². The SMILES string of the molecule is CC(C)(C)OC(=O)Nc1cc(C(C)(C)CON)ccc1Cl. The van der Waals surface area contributed by atoms with E-state index in [2.05, 4.69) is 5.32 Å². The van der Waals surface area contributed by atoms with Crippen LogP contribution in [0.5, 0.6) is 0 Å². The molecule has 0 aliphatic heterocycles. The van der Waals surface area contributed by atoms with Gasteiger partial charge in [0.25, 0.3) is 0 Å². The predicted octanol–water partition coefficient (Wildman–Crippen LogP) is 3.85. The highest BCUT2D eigenvalue weighted by atomic mass is 35.5. The van der Waals surface area contributed by atoms with Crippen molar-refractivity contribution >= 4 is 23.4 Å². The number of anilines is 1. The molecule has 0 radical (unpaired) electrons. The van der Waals surface area contributed by atoms with Crippen molar-refractivity contribution in [3.8, 4) is 0 Å². The fourth-order valence-electron chi connectivity index (χ4n) is 1.75. The van der Waals surface area contributed by atoms with Crippen LogP contribution in [0.25, 0.3) is 0 Å².